The Morgan fingerprint density at radius 2 is 1.77 bits per heavy atom. The molecule has 0 aliphatic heterocycles. The van der Waals surface area contributed by atoms with E-state index >= 15 is 0 Å². The molecule has 1 atom stereocenters. The molecule has 0 aromatic rings. The predicted octanol–water partition coefficient (Wildman–Crippen LogP) is 3.19. The van der Waals surface area contributed by atoms with E-state index in [1.165, 1.54) is 6.08 Å². The quantitative estimate of drug-likeness (QED) is 0.627. The molecule has 1 aliphatic rings. The van der Waals surface area contributed by atoms with Gasteiger partial charge in [0.1, 0.15) is 0 Å². The zero-order valence-corrected chi connectivity index (χ0v) is 11.7. The van der Waals surface area contributed by atoms with Crippen LogP contribution in [0, 0.1) is 0 Å². The number of hydrogen-bond donors (Lipinski definition) is 0. The molecule has 0 aromatic carbocycles. The molecule has 0 fully saturated rings. The van der Waals surface area contributed by atoms with E-state index in [-0.39, 0.29) is 30.4 Å². The van der Waals surface area contributed by atoms with Crippen LogP contribution in [0.15, 0.2) is 21.1 Å². The SMILES string of the molecule is Cl.Cl.FC(F)C(F)C1=[C]([Hf])CC=C1. The van der Waals surface area contributed by atoms with Crippen molar-refractivity contribution in [3.05, 3.63) is 21.1 Å². The first-order valence-corrected chi connectivity index (χ1v) is 4.96. The van der Waals surface area contributed by atoms with E-state index < -0.39 is 12.6 Å². The van der Waals surface area contributed by atoms with Gasteiger partial charge < -0.3 is 0 Å². The van der Waals surface area contributed by atoms with Crippen molar-refractivity contribution in [1.29, 1.82) is 0 Å². The molecule has 0 nitrogen and oxygen atoms in total. The molecule has 0 spiro atoms. The van der Waals surface area contributed by atoms with Gasteiger partial charge in [0.25, 0.3) is 0 Å². The summed E-state index contributed by atoms with van der Waals surface area (Å²) in [5, 5.41) is 0. The van der Waals surface area contributed by atoms with Gasteiger partial charge in [-0.15, -0.1) is 24.8 Å². The molecule has 1 aliphatic carbocycles. The van der Waals surface area contributed by atoms with Crippen molar-refractivity contribution in [1.82, 2.24) is 0 Å². The number of rotatable bonds is 2. The van der Waals surface area contributed by atoms with E-state index in [4.69, 9.17) is 0 Å². The molecule has 6 heteroatoms. The number of halogens is 5. The molecular weight excluding hydrogens is 390 g/mol. The first-order chi connectivity index (χ1) is 5.13. The molecule has 0 radical (unpaired) electrons. The van der Waals surface area contributed by atoms with E-state index in [9.17, 15) is 13.2 Å². The van der Waals surface area contributed by atoms with Gasteiger partial charge in [-0.2, -0.15) is 0 Å². The van der Waals surface area contributed by atoms with E-state index in [0.717, 1.165) is 3.33 Å². The fourth-order valence-corrected chi connectivity index (χ4v) is 2.13. The third-order valence-corrected chi connectivity index (χ3v) is 3.26. The maximum atomic E-state index is 12.6. The summed E-state index contributed by atoms with van der Waals surface area (Å²) in [6.07, 6.45) is -1.08. The summed E-state index contributed by atoms with van der Waals surface area (Å²) in [4.78, 5) is 0. The van der Waals surface area contributed by atoms with E-state index in [1.807, 2.05) is 0 Å². The first kappa shape index (κ1) is 16.2. The molecule has 0 aromatic heterocycles. The average molecular weight is 399 g/mol. The van der Waals surface area contributed by atoms with Gasteiger partial charge in [0.05, 0.1) is 0 Å². The Balaban J connectivity index is 0. The van der Waals surface area contributed by atoms with Crippen LogP contribution in [-0.4, -0.2) is 12.6 Å². The maximum absolute atomic E-state index is 12.6. The molecule has 13 heavy (non-hydrogen) atoms. The van der Waals surface area contributed by atoms with Gasteiger partial charge in [-0.1, -0.05) is 0 Å². The van der Waals surface area contributed by atoms with Crippen LogP contribution >= 0.6 is 24.8 Å². The van der Waals surface area contributed by atoms with Gasteiger partial charge in [0.2, 0.25) is 0 Å². The Hall–Kier alpha value is 0.720. The van der Waals surface area contributed by atoms with Gasteiger partial charge in [0, 0.05) is 0 Å². The average Bonchev–Trinajstić information content (AvgIpc) is 2.33. The summed E-state index contributed by atoms with van der Waals surface area (Å²) in [7, 11) is 0. The van der Waals surface area contributed by atoms with Gasteiger partial charge in [0.15, 0.2) is 0 Å². The van der Waals surface area contributed by atoms with Crippen LogP contribution in [0.1, 0.15) is 6.42 Å². The normalized spacial score (nSPS) is 16.8. The van der Waals surface area contributed by atoms with Crippen molar-refractivity contribution in [3.63, 3.8) is 0 Å². The number of hydrogen-bond acceptors (Lipinski definition) is 0. The summed E-state index contributed by atoms with van der Waals surface area (Å²) < 4.78 is 37.1. The first-order valence-electron chi connectivity index (χ1n) is 3.16. The molecule has 0 N–H and O–H groups in total. The van der Waals surface area contributed by atoms with Crippen molar-refractivity contribution in [2.24, 2.45) is 0 Å². The molecular formula is C7H8Cl2F3Hf. The summed E-state index contributed by atoms with van der Waals surface area (Å²) >= 11 is 0.674. The molecule has 1 unspecified atom stereocenters. The van der Waals surface area contributed by atoms with Gasteiger partial charge in [-0.25, -0.2) is 0 Å². The minimum atomic E-state index is -2.88. The Kier molecular flexibility index (Phi) is 8.79. The Labute approximate surface area is 102 Å². The second kappa shape index (κ2) is 7.07. The van der Waals surface area contributed by atoms with Gasteiger partial charge >= 0.3 is 77.6 Å². The third kappa shape index (κ3) is 4.17. The van der Waals surface area contributed by atoms with Crippen molar-refractivity contribution in [3.8, 4) is 0 Å². The standard InChI is InChI=1S/C7H6F3.2ClH.Hf/c8-6(7(9)10)5-3-1-2-4-5;;;/h1,3,6-7H,2H2;2*1H;. The summed E-state index contributed by atoms with van der Waals surface area (Å²) in [6.45, 7) is 0. The molecule has 0 saturated carbocycles. The molecule has 0 bridgehead atoms. The van der Waals surface area contributed by atoms with Crippen molar-refractivity contribution in [2.45, 2.75) is 19.0 Å². The third-order valence-electron chi connectivity index (χ3n) is 1.49. The molecule has 0 saturated heterocycles. The van der Waals surface area contributed by atoms with Crippen LogP contribution in [0.5, 0.6) is 0 Å². The predicted molar refractivity (Wildman–Crippen MR) is 46.2 cm³/mol. The van der Waals surface area contributed by atoms with Crippen LogP contribution in [0.4, 0.5) is 13.2 Å². The molecule has 0 heterocycles. The Morgan fingerprint density at radius 3 is 2.08 bits per heavy atom. The molecule has 1 rings (SSSR count). The Morgan fingerprint density at radius 1 is 1.23 bits per heavy atom. The fraction of sp³-hybridized carbons (Fsp3) is 0.429. The molecule has 0 amide bonds. The summed E-state index contributed by atoms with van der Waals surface area (Å²) in [5.74, 6) is 0. The van der Waals surface area contributed by atoms with E-state index in [0.29, 0.717) is 30.8 Å². The second-order valence-electron chi connectivity index (χ2n) is 2.28. The van der Waals surface area contributed by atoms with Crippen LogP contribution in [0.2, 0.25) is 0 Å². The zero-order chi connectivity index (χ0) is 8.43. The Bertz CT molecular complexity index is 216. The van der Waals surface area contributed by atoms with Crippen LogP contribution in [-0.2, 0) is 24.4 Å². The van der Waals surface area contributed by atoms with Crippen molar-refractivity contribution in [2.75, 3.05) is 0 Å². The zero-order valence-electron chi connectivity index (χ0n) is 6.47. The summed E-state index contributed by atoms with van der Waals surface area (Å²) in [5.41, 5.74) is 0.215. The topological polar surface area (TPSA) is 0 Å². The van der Waals surface area contributed by atoms with Crippen molar-refractivity contribution >= 4 is 24.8 Å². The van der Waals surface area contributed by atoms with Crippen molar-refractivity contribution < 1.29 is 37.5 Å². The fourth-order valence-electron chi connectivity index (χ4n) is 0.916. The number of allylic oxidation sites excluding steroid dienone is 4. The molecule has 75 valence electrons. The summed E-state index contributed by atoms with van der Waals surface area (Å²) in [6, 6.07) is 0. The van der Waals surface area contributed by atoms with Gasteiger partial charge in [-0.05, 0) is 0 Å². The second-order valence-corrected chi connectivity index (χ2v) is 4.44. The van der Waals surface area contributed by atoms with E-state index in [2.05, 4.69) is 0 Å². The minimum absolute atomic E-state index is 0. The van der Waals surface area contributed by atoms with Gasteiger partial charge in [-0.3, -0.25) is 0 Å². The van der Waals surface area contributed by atoms with Crippen LogP contribution in [0.25, 0.3) is 0 Å². The van der Waals surface area contributed by atoms with Crippen LogP contribution < -0.4 is 0 Å². The van der Waals surface area contributed by atoms with Crippen LogP contribution in [0.3, 0.4) is 0 Å². The van der Waals surface area contributed by atoms with E-state index in [1.54, 1.807) is 6.08 Å². The monoisotopic (exact) mass is 399 g/mol. The number of alkyl halides is 3.